The van der Waals surface area contributed by atoms with Crippen LogP contribution < -0.4 is 5.32 Å². The number of hydrogen-bond acceptors (Lipinski definition) is 3. The standard InChI is InChI=1S/C23H31N3O3/c1-17(18-9-6-5-7-10-18)24-21(27)20-11-8-14-26(20)19-12-15-25(16-13-19)22(28)29-23(2,3)4/h5-11,14,17,19H,12-13,15-16H2,1-4H3,(H,24,27). The van der Waals surface area contributed by atoms with Gasteiger partial charge in [-0.2, -0.15) is 0 Å². The Kier molecular flexibility index (Phi) is 6.30. The Balaban J connectivity index is 1.61. The quantitative estimate of drug-likeness (QED) is 0.823. The molecule has 0 saturated carbocycles. The normalized spacial score (nSPS) is 16.3. The number of nitrogens with one attached hydrogen (secondary N) is 1. The molecule has 0 aliphatic carbocycles. The van der Waals surface area contributed by atoms with Crippen LogP contribution in [0.2, 0.25) is 0 Å². The minimum atomic E-state index is -0.491. The molecule has 156 valence electrons. The summed E-state index contributed by atoms with van der Waals surface area (Å²) >= 11 is 0. The molecule has 1 aromatic carbocycles. The molecule has 1 aliphatic rings. The Morgan fingerprint density at radius 2 is 1.72 bits per heavy atom. The van der Waals surface area contributed by atoms with E-state index in [0.29, 0.717) is 18.8 Å². The number of likely N-dealkylation sites (tertiary alicyclic amines) is 1. The van der Waals surface area contributed by atoms with Gasteiger partial charge in [-0.3, -0.25) is 4.79 Å². The van der Waals surface area contributed by atoms with E-state index in [0.717, 1.165) is 18.4 Å². The van der Waals surface area contributed by atoms with E-state index in [-0.39, 0.29) is 24.1 Å². The first-order chi connectivity index (χ1) is 13.7. The highest BCUT2D eigenvalue weighted by Gasteiger charge is 2.28. The molecule has 1 unspecified atom stereocenters. The lowest BCUT2D eigenvalue weighted by Crippen LogP contribution is -2.42. The van der Waals surface area contributed by atoms with Crippen molar-refractivity contribution >= 4 is 12.0 Å². The third-order valence-corrected chi connectivity index (χ3v) is 5.17. The maximum atomic E-state index is 12.9. The topological polar surface area (TPSA) is 63.6 Å². The predicted octanol–water partition coefficient (Wildman–Crippen LogP) is 4.55. The highest BCUT2D eigenvalue weighted by Crippen LogP contribution is 2.26. The molecule has 1 aliphatic heterocycles. The maximum absolute atomic E-state index is 12.9. The summed E-state index contributed by atoms with van der Waals surface area (Å²) in [6.07, 6.45) is 3.28. The molecule has 0 radical (unpaired) electrons. The van der Waals surface area contributed by atoms with Crippen molar-refractivity contribution in [2.75, 3.05) is 13.1 Å². The summed E-state index contributed by atoms with van der Waals surface area (Å²) < 4.78 is 7.51. The fourth-order valence-corrected chi connectivity index (χ4v) is 3.65. The Bertz CT molecular complexity index is 831. The van der Waals surface area contributed by atoms with Gasteiger partial charge in [0.25, 0.3) is 5.91 Å². The van der Waals surface area contributed by atoms with Crippen LogP contribution in [-0.4, -0.2) is 40.2 Å². The number of piperidine rings is 1. The molecule has 2 amide bonds. The zero-order chi connectivity index (χ0) is 21.0. The third-order valence-electron chi connectivity index (χ3n) is 5.17. The first-order valence-corrected chi connectivity index (χ1v) is 10.2. The molecule has 1 aromatic heterocycles. The second kappa shape index (κ2) is 8.72. The van der Waals surface area contributed by atoms with Gasteiger partial charge in [0, 0.05) is 25.3 Å². The summed E-state index contributed by atoms with van der Waals surface area (Å²) in [7, 11) is 0. The van der Waals surface area contributed by atoms with E-state index in [2.05, 4.69) is 5.32 Å². The van der Waals surface area contributed by atoms with E-state index < -0.39 is 5.60 Å². The van der Waals surface area contributed by atoms with Crippen molar-refractivity contribution in [1.29, 1.82) is 0 Å². The fourth-order valence-electron chi connectivity index (χ4n) is 3.65. The minimum Gasteiger partial charge on any atom is -0.444 e. The molecule has 0 spiro atoms. The minimum absolute atomic E-state index is 0.0685. The zero-order valence-corrected chi connectivity index (χ0v) is 17.7. The molecule has 0 bridgehead atoms. The number of carbonyl (C=O) groups excluding carboxylic acids is 2. The van der Waals surface area contributed by atoms with Crippen LogP contribution in [0.1, 0.15) is 68.7 Å². The average Bonchev–Trinajstić information content (AvgIpc) is 3.17. The van der Waals surface area contributed by atoms with Crippen LogP contribution in [0.15, 0.2) is 48.7 Å². The van der Waals surface area contributed by atoms with Crippen LogP contribution in [0.3, 0.4) is 0 Å². The fraction of sp³-hybridized carbons (Fsp3) is 0.478. The van der Waals surface area contributed by atoms with Gasteiger partial charge in [-0.05, 0) is 58.2 Å². The number of nitrogens with zero attached hydrogens (tertiary/aromatic N) is 2. The summed E-state index contributed by atoms with van der Waals surface area (Å²) in [5.74, 6) is -0.0825. The second-order valence-corrected chi connectivity index (χ2v) is 8.61. The van der Waals surface area contributed by atoms with Gasteiger partial charge in [0.1, 0.15) is 11.3 Å². The molecule has 1 N–H and O–H groups in total. The van der Waals surface area contributed by atoms with Crippen molar-refractivity contribution in [2.24, 2.45) is 0 Å². The van der Waals surface area contributed by atoms with Crippen molar-refractivity contribution in [2.45, 2.75) is 58.2 Å². The molecule has 6 heteroatoms. The summed E-state index contributed by atoms with van der Waals surface area (Å²) in [6, 6.07) is 13.8. The number of benzene rings is 1. The van der Waals surface area contributed by atoms with Crippen LogP contribution >= 0.6 is 0 Å². The molecule has 1 fully saturated rings. The van der Waals surface area contributed by atoms with E-state index in [1.54, 1.807) is 4.90 Å². The summed E-state index contributed by atoms with van der Waals surface area (Å²) in [5, 5.41) is 3.09. The number of amides is 2. The third kappa shape index (κ3) is 5.40. The lowest BCUT2D eigenvalue weighted by molar-refractivity contribution is 0.0187. The van der Waals surface area contributed by atoms with E-state index in [9.17, 15) is 9.59 Å². The molecule has 6 nitrogen and oxygen atoms in total. The smallest absolute Gasteiger partial charge is 0.410 e. The second-order valence-electron chi connectivity index (χ2n) is 8.61. The molecule has 1 atom stereocenters. The largest absolute Gasteiger partial charge is 0.444 e. The highest BCUT2D eigenvalue weighted by molar-refractivity contribution is 5.93. The number of aromatic nitrogens is 1. The lowest BCUT2D eigenvalue weighted by atomic mass is 10.0. The summed E-state index contributed by atoms with van der Waals surface area (Å²) in [4.78, 5) is 26.9. The van der Waals surface area contributed by atoms with Crippen molar-refractivity contribution < 1.29 is 14.3 Å². The molecule has 2 heterocycles. The zero-order valence-electron chi connectivity index (χ0n) is 17.7. The molecular formula is C23H31N3O3. The first-order valence-electron chi connectivity index (χ1n) is 10.2. The van der Waals surface area contributed by atoms with Gasteiger partial charge in [-0.1, -0.05) is 30.3 Å². The molecular weight excluding hydrogens is 366 g/mol. The average molecular weight is 398 g/mol. The molecule has 2 aromatic rings. The van der Waals surface area contributed by atoms with Crippen molar-refractivity contribution in [3.63, 3.8) is 0 Å². The highest BCUT2D eigenvalue weighted by atomic mass is 16.6. The van der Waals surface area contributed by atoms with Crippen LogP contribution in [0.4, 0.5) is 4.79 Å². The summed E-state index contributed by atoms with van der Waals surface area (Å²) in [5.41, 5.74) is 1.24. The van der Waals surface area contributed by atoms with Crippen LogP contribution in [0, 0.1) is 0 Å². The Morgan fingerprint density at radius 3 is 2.34 bits per heavy atom. The number of ether oxygens (including phenoxy) is 1. The SMILES string of the molecule is CC(NC(=O)c1cccn1C1CCN(C(=O)OC(C)(C)C)CC1)c1ccccc1. The van der Waals surface area contributed by atoms with E-state index >= 15 is 0 Å². The van der Waals surface area contributed by atoms with Crippen LogP contribution in [-0.2, 0) is 4.74 Å². The predicted molar refractivity (Wildman–Crippen MR) is 113 cm³/mol. The maximum Gasteiger partial charge on any atom is 0.410 e. The Morgan fingerprint density at radius 1 is 1.07 bits per heavy atom. The monoisotopic (exact) mass is 397 g/mol. The molecule has 3 rings (SSSR count). The van der Waals surface area contributed by atoms with Gasteiger partial charge in [0.05, 0.1) is 6.04 Å². The Hall–Kier alpha value is -2.76. The van der Waals surface area contributed by atoms with Gasteiger partial charge in [-0.25, -0.2) is 4.79 Å². The van der Waals surface area contributed by atoms with Gasteiger partial charge in [0.2, 0.25) is 0 Å². The van der Waals surface area contributed by atoms with E-state index in [1.807, 2.05) is 80.9 Å². The molecule has 29 heavy (non-hydrogen) atoms. The van der Waals surface area contributed by atoms with E-state index in [4.69, 9.17) is 4.74 Å². The first kappa shape index (κ1) is 21.0. The van der Waals surface area contributed by atoms with Crippen molar-refractivity contribution in [3.8, 4) is 0 Å². The Labute approximate surface area is 172 Å². The van der Waals surface area contributed by atoms with Crippen LogP contribution in [0.5, 0.6) is 0 Å². The van der Waals surface area contributed by atoms with Crippen molar-refractivity contribution in [3.05, 3.63) is 59.9 Å². The lowest BCUT2D eigenvalue weighted by Gasteiger charge is -2.34. The molecule has 1 saturated heterocycles. The van der Waals surface area contributed by atoms with Crippen molar-refractivity contribution in [1.82, 2.24) is 14.8 Å². The van der Waals surface area contributed by atoms with E-state index in [1.165, 1.54) is 0 Å². The van der Waals surface area contributed by atoms with Gasteiger partial charge in [-0.15, -0.1) is 0 Å². The summed E-state index contributed by atoms with van der Waals surface area (Å²) in [6.45, 7) is 8.86. The number of carbonyl (C=O) groups is 2. The van der Waals surface area contributed by atoms with Gasteiger partial charge in [0.15, 0.2) is 0 Å². The number of rotatable bonds is 4. The van der Waals surface area contributed by atoms with Crippen LogP contribution in [0.25, 0.3) is 0 Å². The number of hydrogen-bond donors (Lipinski definition) is 1. The van der Waals surface area contributed by atoms with Gasteiger partial charge >= 0.3 is 6.09 Å². The van der Waals surface area contributed by atoms with Gasteiger partial charge < -0.3 is 19.5 Å².